The van der Waals surface area contributed by atoms with Gasteiger partial charge in [0.2, 0.25) is 0 Å². The van der Waals surface area contributed by atoms with Gasteiger partial charge in [-0.15, -0.1) is 0 Å². The van der Waals surface area contributed by atoms with Crippen LogP contribution in [0, 0.1) is 11.8 Å². The van der Waals surface area contributed by atoms with Gasteiger partial charge in [0.25, 0.3) is 0 Å². The summed E-state index contributed by atoms with van der Waals surface area (Å²) in [6.07, 6.45) is 5.24. The highest BCUT2D eigenvalue weighted by Gasteiger charge is 2.24. The molecule has 1 atom stereocenters. The number of hydrogen-bond donors (Lipinski definition) is 0. The third kappa shape index (κ3) is 5.47. The predicted octanol–water partition coefficient (Wildman–Crippen LogP) is 4.38. The molecular formula is C18H36N2. The topological polar surface area (TPSA) is 6.48 Å². The van der Waals surface area contributed by atoms with E-state index in [4.69, 9.17) is 0 Å². The van der Waals surface area contributed by atoms with E-state index in [1.165, 1.54) is 57.6 Å². The maximum atomic E-state index is 4.08. The fourth-order valence-corrected chi connectivity index (χ4v) is 3.08. The molecule has 0 saturated carbocycles. The number of nitrogens with zero attached hydrogens (tertiary/aromatic N) is 2. The van der Waals surface area contributed by atoms with E-state index in [0.717, 1.165) is 17.9 Å². The summed E-state index contributed by atoms with van der Waals surface area (Å²) in [6, 6.07) is 0.796. The van der Waals surface area contributed by atoms with Crippen LogP contribution >= 0.6 is 0 Å². The lowest BCUT2D eigenvalue weighted by Gasteiger charge is -2.40. The Hall–Kier alpha value is -0.500. The molecule has 2 heteroatoms. The molecule has 1 aliphatic rings. The van der Waals surface area contributed by atoms with Gasteiger partial charge in [-0.3, -0.25) is 0 Å². The van der Waals surface area contributed by atoms with Gasteiger partial charge >= 0.3 is 0 Å². The standard InChI is InChI=1S/C18H36N2/c1-7-11-20(12-8-17(6)15(2)3)18-9-13-19(14-10-18)16(4)5/h15,17-18H,4,7-14H2,1-3,5-6H3. The minimum Gasteiger partial charge on any atom is -0.375 e. The molecule has 1 rings (SSSR count). The van der Waals surface area contributed by atoms with Crippen molar-refractivity contribution in [3.63, 3.8) is 0 Å². The third-order valence-electron chi connectivity index (χ3n) is 5.04. The van der Waals surface area contributed by atoms with Crippen molar-refractivity contribution >= 4 is 0 Å². The smallest absolute Gasteiger partial charge is 0.0189 e. The quantitative estimate of drug-likeness (QED) is 0.651. The van der Waals surface area contributed by atoms with Crippen LogP contribution in [-0.4, -0.2) is 42.0 Å². The molecule has 0 aromatic rings. The highest BCUT2D eigenvalue weighted by molar-refractivity contribution is 4.93. The fraction of sp³-hybridized carbons (Fsp3) is 0.889. The van der Waals surface area contributed by atoms with Crippen LogP contribution in [0.25, 0.3) is 0 Å². The minimum absolute atomic E-state index is 0.796. The van der Waals surface area contributed by atoms with Crippen molar-refractivity contribution in [2.75, 3.05) is 26.2 Å². The van der Waals surface area contributed by atoms with Crippen molar-refractivity contribution < 1.29 is 0 Å². The molecule has 0 aromatic carbocycles. The van der Waals surface area contributed by atoms with Crippen LogP contribution in [0.2, 0.25) is 0 Å². The third-order valence-corrected chi connectivity index (χ3v) is 5.04. The van der Waals surface area contributed by atoms with Crippen molar-refractivity contribution in [1.82, 2.24) is 9.80 Å². The second kappa shape index (κ2) is 8.71. The second-order valence-electron chi connectivity index (χ2n) is 7.00. The monoisotopic (exact) mass is 280 g/mol. The molecule has 1 aliphatic heterocycles. The van der Waals surface area contributed by atoms with Gasteiger partial charge in [0.05, 0.1) is 0 Å². The first kappa shape index (κ1) is 17.6. The Morgan fingerprint density at radius 3 is 2.25 bits per heavy atom. The Bertz CT molecular complexity index is 277. The fourth-order valence-electron chi connectivity index (χ4n) is 3.08. The van der Waals surface area contributed by atoms with Gasteiger partial charge in [-0.1, -0.05) is 34.3 Å². The Labute approximate surface area is 127 Å². The molecule has 0 N–H and O–H groups in total. The molecule has 20 heavy (non-hydrogen) atoms. The normalized spacial score (nSPS) is 18.9. The summed E-state index contributed by atoms with van der Waals surface area (Å²) in [6.45, 7) is 20.6. The largest absolute Gasteiger partial charge is 0.375 e. The highest BCUT2D eigenvalue weighted by Crippen LogP contribution is 2.21. The lowest BCUT2D eigenvalue weighted by Crippen LogP contribution is -2.45. The Morgan fingerprint density at radius 2 is 1.80 bits per heavy atom. The minimum atomic E-state index is 0.796. The zero-order valence-corrected chi connectivity index (χ0v) is 14.5. The van der Waals surface area contributed by atoms with Crippen LogP contribution in [-0.2, 0) is 0 Å². The first-order valence-electron chi connectivity index (χ1n) is 8.60. The van der Waals surface area contributed by atoms with E-state index in [2.05, 4.69) is 51.0 Å². The van der Waals surface area contributed by atoms with Crippen LogP contribution < -0.4 is 0 Å². The molecule has 118 valence electrons. The lowest BCUT2D eigenvalue weighted by atomic mass is 9.93. The van der Waals surface area contributed by atoms with E-state index >= 15 is 0 Å². The summed E-state index contributed by atoms with van der Waals surface area (Å²) in [5, 5.41) is 0. The predicted molar refractivity (Wildman–Crippen MR) is 89.9 cm³/mol. The molecule has 2 nitrogen and oxygen atoms in total. The van der Waals surface area contributed by atoms with Gasteiger partial charge in [0, 0.05) is 24.8 Å². The van der Waals surface area contributed by atoms with Gasteiger partial charge in [-0.05, 0) is 57.5 Å². The Morgan fingerprint density at radius 1 is 1.20 bits per heavy atom. The van der Waals surface area contributed by atoms with Gasteiger partial charge in [0.15, 0.2) is 0 Å². The average molecular weight is 281 g/mol. The van der Waals surface area contributed by atoms with Crippen molar-refractivity contribution in [3.05, 3.63) is 12.3 Å². The molecule has 0 amide bonds. The van der Waals surface area contributed by atoms with Crippen molar-refractivity contribution in [1.29, 1.82) is 0 Å². The van der Waals surface area contributed by atoms with Crippen LogP contribution in [0.3, 0.4) is 0 Å². The molecule has 1 unspecified atom stereocenters. The molecule has 0 bridgehead atoms. The number of allylic oxidation sites excluding steroid dienone is 1. The maximum Gasteiger partial charge on any atom is 0.0189 e. The summed E-state index contributed by atoms with van der Waals surface area (Å²) < 4.78 is 0. The molecule has 1 fully saturated rings. The van der Waals surface area contributed by atoms with E-state index in [1.807, 2.05) is 0 Å². The van der Waals surface area contributed by atoms with Crippen LogP contribution in [0.1, 0.15) is 60.3 Å². The van der Waals surface area contributed by atoms with E-state index in [-0.39, 0.29) is 0 Å². The van der Waals surface area contributed by atoms with Crippen molar-refractivity contribution in [2.45, 2.75) is 66.3 Å². The SMILES string of the molecule is C=C(C)N1CCC(N(CCC)CCC(C)C(C)C)CC1. The van der Waals surface area contributed by atoms with Crippen LogP contribution in [0.4, 0.5) is 0 Å². The van der Waals surface area contributed by atoms with Gasteiger partial charge in [0.1, 0.15) is 0 Å². The second-order valence-corrected chi connectivity index (χ2v) is 7.00. The zero-order chi connectivity index (χ0) is 15.1. The van der Waals surface area contributed by atoms with Gasteiger partial charge in [-0.25, -0.2) is 0 Å². The molecule has 0 spiro atoms. The lowest BCUT2D eigenvalue weighted by molar-refractivity contribution is 0.115. The van der Waals surface area contributed by atoms with Gasteiger partial charge in [-0.2, -0.15) is 0 Å². The zero-order valence-electron chi connectivity index (χ0n) is 14.5. The van der Waals surface area contributed by atoms with E-state index in [0.29, 0.717) is 0 Å². The van der Waals surface area contributed by atoms with E-state index in [1.54, 1.807) is 0 Å². The Kier molecular flexibility index (Phi) is 7.65. The maximum absolute atomic E-state index is 4.08. The number of rotatable bonds is 8. The Balaban J connectivity index is 2.44. The first-order valence-corrected chi connectivity index (χ1v) is 8.60. The highest BCUT2D eigenvalue weighted by atomic mass is 15.2. The van der Waals surface area contributed by atoms with Crippen molar-refractivity contribution in [2.24, 2.45) is 11.8 Å². The number of likely N-dealkylation sites (tertiary alicyclic amines) is 1. The van der Waals surface area contributed by atoms with E-state index in [9.17, 15) is 0 Å². The molecule has 0 radical (unpaired) electrons. The molecule has 1 heterocycles. The van der Waals surface area contributed by atoms with Gasteiger partial charge < -0.3 is 9.80 Å². The average Bonchev–Trinajstić information content (AvgIpc) is 2.43. The molecule has 0 aliphatic carbocycles. The first-order chi connectivity index (χ1) is 9.45. The summed E-state index contributed by atoms with van der Waals surface area (Å²) in [5.74, 6) is 1.65. The van der Waals surface area contributed by atoms with E-state index < -0.39 is 0 Å². The number of hydrogen-bond acceptors (Lipinski definition) is 2. The molecular weight excluding hydrogens is 244 g/mol. The summed E-state index contributed by atoms with van der Waals surface area (Å²) in [5.41, 5.74) is 1.24. The van der Waals surface area contributed by atoms with Crippen LogP contribution in [0.5, 0.6) is 0 Å². The number of piperidine rings is 1. The summed E-state index contributed by atoms with van der Waals surface area (Å²) in [7, 11) is 0. The molecule has 1 saturated heterocycles. The van der Waals surface area contributed by atoms with Crippen LogP contribution in [0.15, 0.2) is 12.3 Å². The van der Waals surface area contributed by atoms with Crippen molar-refractivity contribution in [3.8, 4) is 0 Å². The summed E-state index contributed by atoms with van der Waals surface area (Å²) >= 11 is 0. The summed E-state index contributed by atoms with van der Waals surface area (Å²) in [4.78, 5) is 5.20. The molecule has 0 aromatic heterocycles.